The highest BCUT2D eigenvalue weighted by Crippen LogP contribution is 2.24. The Morgan fingerprint density at radius 3 is 3.06 bits per heavy atom. The first-order valence-corrected chi connectivity index (χ1v) is 5.74. The summed E-state index contributed by atoms with van der Waals surface area (Å²) in [6.07, 6.45) is 1.44. The van der Waals surface area contributed by atoms with E-state index in [2.05, 4.69) is 5.32 Å². The second-order valence-corrected chi connectivity index (χ2v) is 4.31. The molecule has 1 amide bonds. The number of ether oxygens (including phenoxy) is 1. The van der Waals surface area contributed by atoms with Crippen LogP contribution in [0.4, 0.5) is 5.69 Å². The average molecular weight is 240 g/mol. The molecule has 1 aromatic rings. The third-order valence-corrected chi connectivity index (χ3v) is 3.16. The Morgan fingerprint density at radius 2 is 2.38 bits per heavy atom. The molecule has 1 N–H and O–H groups in total. The van der Waals surface area contributed by atoms with Gasteiger partial charge in [0, 0.05) is 17.3 Å². The SMILES string of the molecule is Cc1c(Cl)cccc1NC(=O)C1CCCO1. The van der Waals surface area contributed by atoms with Gasteiger partial charge in [-0.3, -0.25) is 4.79 Å². The van der Waals surface area contributed by atoms with E-state index in [9.17, 15) is 4.79 Å². The van der Waals surface area contributed by atoms with Crippen molar-refractivity contribution in [3.8, 4) is 0 Å². The lowest BCUT2D eigenvalue weighted by atomic mass is 10.2. The molecule has 1 aliphatic rings. The van der Waals surface area contributed by atoms with E-state index in [4.69, 9.17) is 16.3 Å². The summed E-state index contributed by atoms with van der Waals surface area (Å²) in [5.41, 5.74) is 1.64. The first-order chi connectivity index (χ1) is 7.68. The summed E-state index contributed by atoms with van der Waals surface area (Å²) in [6.45, 7) is 2.56. The van der Waals surface area contributed by atoms with E-state index in [1.807, 2.05) is 19.1 Å². The van der Waals surface area contributed by atoms with E-state index < -0.39 is 0 Å². The van der Waals surface area contributed by atoms with E-state index in [1.54, 1.807) is 6.07 Å². The zero-order valence-electron chi connectivity index (χ0n) is 9.13. The van der Waals surface area contributed by atoms with Gasteiger partial charge >= 0.3 is 0 Å². The minimum atomic E-state index is -0.307. The van der Waals surface area contributed by atoms with Gasteiger partial charge in [-0.25, -0.2) is 0 Å². The number of rotatable bonds is 2. The summed E-state index contributed by atoms with van der Waals surface area (Å²) < 4.78 is 5.31. The molecule has 4 heteroatoms. The maximum atomic E-state index is 11.8. The Morgan fingerprint density at radius 1 is 1.56 bits per heavy atom. The van der Waals surface area contributed by atoms with Crippen molar-refractivity contribution in [1.82, 2.24) is 0 Å². The Bertz CT molecular complexity index is 400. The fourth-order valence-electron chi connectivity index (χ4n) is 1.74. The lowest BCUT2D eigenvalue weighted by molar-refractivity contribution is -0.124. The van der Waals surface area contributed by atoms with Crippen molar-refractivity contribution in [3.63, 3.8) is 0 Å². The van der Waals surface area contributed by atoms with Crippen molar-refractivity contribution in [3.05, 3.63) is 28.8 Å². The van der Waals surface area contributed by atoms with Crippen LogP contribution in [-0.4, -0.2) is 18.6 Å². The van der Waals surface area contributed by atoms with Gasteiger partial charge < -0.3 is 10.1 Å². The largest absolute Gasteiger partial charge is 0.368 e. The van der Waals surface area contributed by atoms with Crippen molar-refractivity contribution in [1.29, 1.82) is 0 Å². The second kappa shape index (κ2) is 4.85. The molecule has 3 nitrogen and oxygen atoms in total. The number of nitrogens with one attached hydrogen (secondary N) is 1. The van der Waals surface area contributed by atoms with Gasteiger partial charge in [0.1, 0.15) is 6.10 Å². The van der Waals surface area contributed by atoms with E-state index in [1.165, 1.54) is 0 Å². The fourth-order valence-corrected chi connectivity index (χ4v) is 1.92. The number of hydrogen-bond donors (Lipinski definition) is 1. The van der Waals surface area contributed by atoms with Crippen LogP contribution in [0.15, 0.2) is 18.2 Å². The zero-order chi connectivity index (χ0) is 11.5. The van der Waals surface area contributed by atoms with Gasteiger partial charge in [-0.15, -0.1) is 0 Å². The molecule has 1 saturated heterocycles. The third-order valence-electron chi connectivity index (χ3n) is 2.75. The van der Waals surface area contributed by atoms with Crippen molar-refractivity contribution in [2.45, 2.75) is 25.9 Å². The molecule has 0 radical (unpaired) electrons. The van der Waals surface area contributed by atoms with Crippen LogP contribution in [0.1, 0.15) is 18.4 Å². The highest BCUT2D eigenvalue weighted by atomic mass is 35.5. The Hall–Kier alpha value is -1.06. The summed E-state index contributed by atoms with van der Waals surface area (Å²) in [5, 5.41) is 3.50. The van der Waals surface area contributed by atoms with Crippen LogP contribution >= 0.6 is 11.6 Å². The molecule has 1 aliphatic heterocycles. The lowest BCUT2D eigenvalue weighted by Crippen LogP contribution is -2.27. The number of carbonyl (C=O) groups is 1. The van der Waals surface area contributed by atoms with Crippen molar-refractivity contribution >= 4 is 23.2 Å². The minimum absolute atomic E-state index is 0.0807. The van der Waals surface area contributed by atoms with Crippen LogP contribution in [0.2, 0.25) is 5.02 Å². The van der Waals surface area contributed by atoms with Gasteiger partial charge in [0.2, 0.25) is 0 Å². The Balaban J connectivity index is 2.08. The van der Waals surface area contributed by atoms with Gasteiger partial charge in [0.05, 0.1) is 0 Å². The fraction of sp³-hybridized carbons (Fsp3) is 0.417. The molecule has 2 rings (SSSR count). The third kappa shape index (κ3) is 2.36. The standard InChI is InChI=1S/C12H14ClNO2/c1-8-9(13)4-2-5-10(8)14-12(15)11-6-3-7-16-11/h2,4-5,11H,3,6-7H2,1H3,(H,14,15). The lowest BCUT2D eigenvalue weighted by Gasteiger charge is -2.12. The predicted molar refractivity (Wildman–Crippen MR) is 63.8 cm³/mol. The molecular weight excluding hydrogens is 226 g/mol. The first-order valence-electron chi connectivity index (χ1n) is 5.36. The van der Waals surface area contributed by atoms with Crippen molar-refractivity contribution in [2.75, 3.05) is 11.9 Å². The molecule has 16 heavy (non-hydrogen) atoms. The minimum Gasteiger partial charge on any atom is -0.368 e. The van der Waals surface area contributed by atoms with Crippen LogP contribution < -0.4 is 5.32 Å². The molecule has 86 valence electrons. The maximum absolute atomic E-state index is 11.8. The topological polar surface area (TPSA) is 38.3 Å². The highest BCUT2D eigenvalue weighted by Gasteiger charge is 2.23. The predicted octanol–water partition coefficient (Wildman–Crippen LogP) is 2.77. The van der Waals surface area contributed by atoms with Crippen molar-refractivity contribution in [2.24, 2.45) is 0 Å². The van der Waals surface area contributed by atoms with Gasteiger partial charge in [-0.2, -0.15) is 0 Å². The number of carbonyl (C=O) groups excluding carboxylic acids is 1. The smallest absolute Gasteiger partial charge is 0.253 e. The molecule has 1 aromatic carbocycles. The van der Waals surface area contributed by atoms with Gasteiger partial charge in [-0.05, 0) is 37.5 Å². The number of anilines is 1. The first kappa shape index (κ1) is 11.4. The molecule has 0 aliphatic carbocycles. The molecule has 0 spiro atoms. The number of amides is 1. The Kier molecular flexibility index (Phi) is 3.46. The van der Waals surface area contributed by atoms with Gasteiger partial charge in [0.15, 0.2) is 0 Å². The van der Waals surface area contributed by atoms with E-state index >= 15 is 0 Å². The molecule has 1 fully saturated rings. The Labute approximate surface area is 99.7 Å². The van der Waals surface area contributed by atoms with Crippen molar-refractivity contribution < 1.29 is 9.53 Å². The maximum Gasteiger partial charge on any atom is 0.253 e. The summed E-state index contributed by atoms with van der Waals surface area (Å²) in [4.78, 5) is 11.8. The van der Waals surface area contributed by atoms with Crippen LogP contribution in [-0.2, 0) is 9.53 Å². The van der Waals surface area contributed by atoms with Gasteiger partial charge in [-0.1, -0.05) is 17.7 Å². The summed E-state index contributed by atoms with van der Waals surface area (Å²) >= 11 is 5.97. The number of halogens is 1. The van der Waals surface area contributed by atoms with Crippen LogP contribution in [0.5, 0.6) is 0 Å². The number of hydrogen-bond acceptors (Lipinski definition) is 2. The highest BCUT2D eigenvalue weighted by molar-refractivity contribution is 6.31. The average Bonchev–Trinajstić information content (AvgIpc) is 2.78. The molecule has 0 aromatic heterocycles. The van der Waals surface area contributed by atoms with E-state index in [0.29, 0.717) is 11.6 Å². The monoisotopic (exact) mass is 239 g/mol. The van der Waals surface area contributed by atoms with Crippen LogP contribution in [0, 0.1) is 6.92 Å². The molecule has 1 atom stereocenters. The van der Waals surface area contributed by atoms with E-state index in [0.717, 1.165) is 24.1 Å². The normalized spacial score (nSPS) is 19.8. The second-order valence-electron chi connectivity index (χ2n) is 3.90. The summed E-state index contributed by atoms with van der Waals surface area (Å²) in [5.74, 6) is -0.0807. The molecule has 0 saturated carbocycles. The van der Waals surface area contributed by atoms with Crippen LogP contribution in [0.3, 0.4) is 0 Å². The van der Waals surface area contributed by atoms with Gasteiger partial charge in [0.25, 0.3) is 5.91 Å². The van der Waals surface area contributed by atoms with Crippen LogP contribution in [0.25, 0.3) is 0 Å². The quantitative estimate of drug-likeness (QED) is 0.862. The zero-order valence-corrected chi connectivity index (χ0v) is 9.88. The molecular formula is C12H14ClNO2. The summed E-state index contributed by atoms with van der Waals surface area (Å²) in [6, 6.07) is 5.47. The molecule has 1 heterocycles. The molecule has 1 unspecified atom stereocenters. The summed E-state index contributed by atoms with van der Waals surface area (Å²) in [7, 11) is 0. The van der Waals surface area contributed by atoms with E-state index in [-0.39, 0.29) is 12.0 Å². The molecule has 0 bridgehead atoms. The number of benzene rings is 1.